The minimum Gasteiger partial charge on any atom is -0.461 e. The molecule has 0 radical (unpaired) electrons. The third kappa shape index (κ3) is 3.87. The Morgan fingerprint density at radius 3 is 2.50 bits per heavy atom. The number of aryl methyl sites for hydroxylation is 2. The van der Waals surface area contributed by atoms with E-state index in [4.69, 9.17) is 4.42 Å². The fourth-order valence-corrected chi connectivity index (χ4v) is 5.47. The second-order valence-electron chi connectivity index (χ2n) is 9.10. The first-order valence-electron chi connectivity index (χ1n) is 10.9. The van der Waals surface area contributed by atoms with Crippen molar-refractivity contribution in [3.63, 3.8) is 0 Å². The zero-order valence-corrected chi connectivity index (χ0v) is 19.1. The van der Waals surface area contributed by atoms with E-state index >= 15 is 0 Å². The molecule has 0 saturated carbocycles. The van der Waals surface area contributed by atoms with Crippen LogP contribution in [0.3, 0.4) is 0 Å². The van der Waals surface area contributed by atoms with Crippen LogP contribution in [0.1, 0.15) is 57.4 Å². The van der Waals surface area contributed by atoms with E-state index < -0.39 is 10.0 Å². The third-order valence-corrected chi connectivity index (χ3v) is 8.35. The predicted octanol–water partition coefficient (Wildman–Crippen LogP) is 6.34. The largest absolute Gasteiger partial charge is 0.461 e. The molecule has 1 N–H and O–H groups in total. The molecule has 4 rings (SSSR count). The first-order valence-corrected chi connectivity index (χ1v) is 12.4. The maximum absolute atomic E-state index is 12.9. The number of furan rings is 1. The fraction of sp³-hybridized carbons (Fsp3) is 0.440. The minimum absolute atomic E-state index is 0.277. The van der Waals surface area contributed by atoms with Gasteiger partial charge in [0.15, 0.2) is 0 Å². The van der Waals surface area contributed by atoms with Crippen LogP contribution >= 0.6 is 0 Å². The highest BCUT2D eigenvalue weighted by Crippen LogP contribution is 2.43. The summed E-state index contributed by atoms with van der Waals surface area (Å²) in [5.41, 5.74) is 4.05. The standard InChI is InChI=1S/C25H31NO3S/c1-5-17-7-11-20(12-8-17)30(27,28)26-19-10-14-24-22(16-19)21-15-18(25(3,4)6-2)9-13-23(21)29-24/h7-8,10-12,14,16,18,26H,5-6,9,13,15H2,1-4H3/t18-/m0/s1. The molecule has 0 amide bonds. The van der Waals surface area contributed by atoms with Crippen molar-refractivity contribution < 1.29 is 12.8 Å². The number of hydrogen-bond donors (Lipinski definition) is 1. The van der Waals surface area contributed by atoms with Gasteiger partial charge in [0, 0.05) is 23.1 Å². The highest BCUT2D eigenvalue weighted by molar-refractivity contribution is 7.92. The Morgan fingerprint density at radius 2 is 1.83 bits per heavy atom. The van der Waals surface area contributed by atoms with Gasteiger partial charge in [0.1, 0.15) is 11.3 Å². The van der Waals surface area contributed by atoms with Gasteiger partial charge in [-0.1, -0.05) is 46.2 Å². The average molecular weight is 426 g/mol. The van der Waals surface area contributed by atoms with Gasteiger partial charge in [-0.15, -0.1) is 0 Å². The maximum atomic E-state index is 12.9. The average Bonchev–Trinajstić information content (AvgIpc) is 3.10. The van der Waals surface area contributed by atoms with Crippen LogP contribution in [0.15, 0.2) is 51.8 Å². The van der Waals surface area contributed by atoms with Crippen molar-refractivity contribution in [2.24, 2.45) is 11.3 Å². The quantitative estimate of drug-likeness (QED) is 0.501. The molecule has 2 aromatic carbocycles. The maximum Gasteiger partial charge on any atom is 0.261 e. The van der Waals surface area contributed by atoms with Crippen molar-refractivity contribution in [3.8, 4) is 0 Å². The van der Waals surface area contributed by atoms with Gasteiger partial charge in [0.25, 0.3) is 10.0 Å². The lowest BCUT2D eigenvalue weighted by atomic mass is 9.69. The molecule has 30 heavy (non-hydrogen) atoms. The number of hydrogen-bond acceptors (Lipinski definition) is 3. The van der Waals surface area contributed by atoms with E-state index in [0.29, 0.717) is 11.6 Å². The Balaban J connectivity index is 1.64. The molecule has 0 fully saturated rings. The Bertz CT molecular complexity index is 1160. The van der Waals surface area contributed by atoms with Crippen LogP contribution in [-0.4, -0.2) is 8.42 Å². The molecule has 1 heterocycles. The lowest BCUT2D eigenvalue weighted by molar-refractivity contribution is 0.179. The van der Waals surface area contributed by atoms with Crippen molar-refractivity contribution in [1.82, 2.24) is 0 Å². The molecule has 1 aliphatic rings. The van der Waals surface area contributed by atoms with E-state index in [1.807, 2.05) is 24.3 Å². The van der Waals surface area contributed by atoms with E-state index in [1.54, 1.807) is 18.2 Å². The number of benzene rings is 2. The van der Waals surface area contributed by atoms with Crippen LogP contribution in [0.5, 0.6) is 0 Å². The van der Waals surface area contributed by atoms with E-state index in [9.17, 15) is 8.42 Å². The van der Waals surface area contributed by atoms with Crippen LogP contribution < -0.4 is 4.72 Å². The topological polar surface area (TPSA) is 59.3 Å². The molecule has 0 aliphatic heterocycles. The lowest BCUT2D eigenvalue weighted by Gasteiger charge is -2.36. The molecular formula is C25H31NO3S. The molecule has 3 aromatic rings. The summed E-state index contributed by atoms with van der Waals surface area (Å²) in [6, 6.07) is 12.6. The molecule has 0 bridgehead atoms. The highest BCUT2D eigenvalue weighted by Gasteiger charge is 2.33. The number of rotatable bonds is 6. The number of fused-ring (bicyclic) bond motifs is 3. The summed E-state index contributed by atoms with van der Waals surface area (Å²) in [6.07, 6.45) is 5.10. The van der Waals surface area contributed by atoms with Gasteiger partial charge < -0.3 is 4.42 Å². The van der Waals surface area contributed by atoms with Gasteiger partial charge in [-0.3, -0.25) is 4.72 Å². The molecular weight excluding hydrogens is 394 g/mol. The van der Waals surface area contributed by atoms with Crippen molar-refractivity contribution in [2.75, 3.05) is 4.72 Å². The van der Waals surface area contributed by atoms with Crippen molar-refractivity contribution in [3.05, 3.63) is 59.4 Å². The van der Waals surface area contributed by atoms with Crippen molar-refractivity contribution >= 4 is 26.7 Å². The molecule has 1 aliphatic carbocycles. The Labute approximate surface area is 179 Å². The normalized spacial score (nSPS) is 17.1. The van der Waals surface area contributed by atoms with Gasteiger partial charge in [-0.2, -0.15) is 0 Å². The summed E-state index contributed by atoms with van der Waals surface area (Å²) in [5.74, 6) is 1.66. The van der Waals surface area contributed by atoms with Crippen LogP contribution in [-0.2, 0) is 29.3 Å². The summed E-state index contributed by atoms with van der Waals surface area (Å²) < 4.78 is 34.6. The Kier molecular flexibility index (Phi) is 5.43. The van der Waals surface area contributed by atoms with Crippen molar-refractivity contribution in [1.29, 1.82) is 0 Å². The Morgan fingerprint density at radius 1 is 1.10 bits per heavy atom. The zero-order valence-electron chi connectivity index (χ0n) is 18.3. The molecule has 5 heteroatoms. The molecule has 0 saturated heterocycles. The van der Waals surface area contributed by atoms with Crippen LogP contribution in [0, 0.1) is 11.3 Å². The molecule has 0 spiro atoms. The Hall–Kier alpha value is -2.27. The second-order valence-corrected chi connectivity index (χ2v) is 10.8. The SMILES string of the molecule is CCc1ccc(S(=O)(=O)Nc2ccc3oc4c(c3c2)C[C@@H](C(C)(C)CC)CC4)cc1. The monoisotopic (exact) mass is 425 g/mol. The first-order chi connectivity index (χ1) is 14.2. The van der Waals surface area contributed by atoms with E-state index in [2.05, 4.69) is 32.4 Å². The molecule has 1 atom stereocenters. The van der Waals surface area contributed by atoms with Crippen molar-refractivity contribution in [2.45, 2.75) is 64.7 Å². The summed E-state index contributed by atoms with van der Waals surface area (Å²) in [5, 5.41) is 1.03. The first kappa shape index (κ1) is 21.0. The van der Waals surface area contributed by atoms with Crippen LogP contribution in [0.2, 0.25) is 0 Å². The van der Waals surface area contributed by atoms with Crippen LogP contribution in [0.4, 0.5) is 5.69 Å². The summed E-state index contributed by atoms with van der Waals surface area (Å²) >= 11 is 0. The minimum atomic E-state index is -3.63. The molecule has 0 unspecified atom stereocenters. The molecule has 4 nitrogen and oxygen atoms in total. The van der Waals surface area contributed by atoms with Gasteiger partial charge in [0.05, 0.1) is 4.90 Å². The summed E-state index contributed by atoms with van der Waals surface area (Å²) in [6.45, 7) is 8.99. The zero-order chi connectivity index (χ0) is 21.5. The lowest BCUT2D eigenvalue weighted by Crippen LogP contribution is -2.28. The van der Waals surface area contributed by atoms with E-state index in [1.165, 1.54) is 5.56 Å². The van der Waals surface area contributed by atoms with Gasteiger partial charge in [-0.05, 0) is 66.5 Å². The number of sulfonamides is 1. The van der Waals surface area contributed by atoms with Gasteiger partial charge in [-0.25, -0.2) is 8.42 Å². The summed E-state index contributed by atoms with van der Waals surface area (Å²) in [4.78, 5) is 0.277. The van der Waals surface area contributed by atoms with Crippen LogP contribution in [0.25, 0.3) is 11.0 Å². The van der Waals surface area contributed by atoms with Gasteiger partial charge >= 0.3 is 0 Å². The van der Waals surface area contributed by atoms with E-state index in [-0.39, 0.29) is 10.3 Å². The van der Waals surface area contributed by atoms with E-state index in [0.717, 1.165) is 54.4 Å². The number of nitrogens with one attached hydrogen (secondary N) is 1. The number of anilines is 1. The van der Waals surface area contributed by atoms with Gasteiger partial charge in [0.2, 0.25) is 0 Å². The fourth-order valence-electron chi connectivity index (χ4n) is 4.42. The molecule has 160 valence electrons. The second kappa shape index (κ2) is 7.77. The predicted molar refractivity (Wildman–Crippen MR) is 122 cm³/mol. The third-order valence-electron chi connectivity index (χ3n) is 6.96. The summed E-state index contributed by atoms with van der Waals surface area (Å²) in [7, 11) is -3.63. The molecule has 1 aromatic heterocycles. The highest BCUT2D eigenvalue weighted by atomic mass is 32.2. The smallest absolute Gasteiger partial charge is 0.261 e.